The zero-order valence-electron chi connectivity index (χ0n) is 13.4. The molecule has 0 bridgehead atoms. The van der Waals surface area contributed by atoms with Gasteiger partial charge >= 0.3 is 0 Å². The van der Waals surface area contributed by atoms with E-state index in [0.717, 1.165) is 24.6 Å². The van der Waals surface area contributed by atoms with Gasteiger partial charge in [0.1, 0.15) is 5.37 Å². The van der Waals surface area contributed by atoms with Crippen LogP contribution in [0.15, 0.2) is 0 Å². The average Bonchev–Trinajstić information content (AvgIpc) is 2.53. The van der Waals surface area contributed by atoms with Crippen molar-refractivity contribution in [3.8, 4) is 0 Å². The Morgan fingerprint density at radius 3 is 2.67 bits per heavy atom. The van der Waals surface area contributed by atoms with Gasteiger partial charge in [-0.2, -0.15) is 11.8 Å². The largest absolute Gasteiger partial charge is 0.312 e. The minimum atomic E-state index is -2.98. The summed E-state index contributed by atoms with van der Waals surface area (Å²) in [5.41, 5.74) is 0. The second-order valence-corrected chi connectivity index (χ2v) is 9.91. The van der Waals surface area contributed by atoms with Gasteiger partial charge in [-0.3, -0.25) is 4.90 Å². The van der Waals surface area contributed by atoms with Crippen LogP contribution in [0.3, 0.4) is 0 Å². The fourth-order valence-corrected chi connectivity index (χ4v) is 6.49. The van der Waals surface area contributed by atoms with Crippen LogP contribution in [-0.4, -0.2) is 61.1 Å². The molecular formula is C15H30N2O2S2. The Bertz CT molecular complexity index is 408. The number of sulfone groups is 1. The van der Waals surface area contributed by atoms with E-state index in [-0.39, 0.29) is 11.1 Å². The monoisotopic (exact) mass is 334 g/mol. The predicted molar refractivity (Wildman–Crippen MR) is 91.6 cm³/mol. The van der Waals surface area contributed by atoms with E-state index in [1.807, 2.05) is 0 Å². The van der Waals surface area contributed by atoms with E-state index in [0.29, 0.717) is 12.1 Å². The maximum absolute atomic E-state index is 12.3. The maximum atomic E-state index is 12.3. The van der Waals surface area contributed by atoms with Crippen molar-refractivity contribution in [1.29, 1.82) is 0 Å². The van der Waals surface area contributed by atoms with Crippen molar-refractivity contribution in [2.24, 2.45) is 0 Å². The van der Waals surface area contributed by atoms with E-state index >= 15 is 0 Å². The lowest BCUT2D eigenvalue weighted by molar-refractivity contribution is 0.192. The molecule has 1 aliphatic heterocycles. The van der Waals surface area contributed by atoms with Crippen molar-refractivity contribution in [3.05, 3.63) is 0 Å². The molecule has 2 rings (SSSR count). The molecule has 2 atom stereocenters. The molecule has 0 aromatic carbocycles. The first-order chi connectivity index (χ1) is 10.0. The van der Waals surface area contributed by atoms with Crippen molar-refractivity contribution < 1.29 is 8.42 Å². The first-order valence-corrected chi connectivity index (χ1v) is 11.2. The molecule has 4 nitrogen and oxygen atoms in total. The van der Waals surface area contributed by atoms with Gasteiger partial charge in [-0.15, -0.1) is 0 Å². The summed E-state index contributed by atoms with van der Waals surface area (Å²) in [5.74, 6) is 2.02. The Kier molecular flexibility index (Phi) is 6.84. The van der Waals surface area contributed by atoms with Gasteiger partial charge in [0.05, 0.1) is 0 Å². The smallest absolute Gasteiger partial charge is 0.166 e. The van der Waals surface area contributed by atoms with Gasteiger partial charge in [-0.1, -0.05) is 26.2 Å². The summed E-state index contributed by atoms with van der Waals surface area (Å²) in [4.78, 5) is 2.21. The Labute approximate surface area is 134 Å². The quantitative estimate of drug-likeness (QED) is 0.806. The molecule has 6 heteroatoms. The second-order valence-electron chi connectivity index (χ2n) is 6.31. The van der Waals surface area contributed by atoms with Gasteiger partial charge in [0.15, 0.2) is 9.84 Å². The van der Waals surface area contributed by atoms with Crippen LogP contribution in [0.1, 0.15) is 46.0 Å². The average molecular weight is 335 g/mol. The van der Waals surface area contributed by atoms with Crippen LogP contribution in [0, 0.1) is 0 Å². The van der Waals surface area contributed by atoms with Crippen LogP contribution >= 0.6 is 11.8 Å². The number of nitrogens with one attached hydrogen (secondary N) is 1. The number of hydrogen-bond acceptors (Lipinski definition) is 5. The van der Waals surface area contributed by atoms with Crippen LogP contribution in [0.4, 0.5) is 0 Å². The molecule has 2 aliphatic rings. The summed E-state index contributed by atoms with van der Waals surface area (Å²) >= 11 is 1.77. The summed E-state index contributed by atoms with van der Waals surface area (Å²) < 4.78 is 24.6. The van der Waals surface area contributed by atoms with Crippen LogP contribution in [0.5, 0.6) is 0 Å². The SMILES string of the molecule is CCS(=O)(=O)C1CSCCN1C(C)CNC1CCCCC1. The third-order valence-electron chi connectivity index (χ3n) is 4.81. The van der Waals surface area contributed by atoms with E-state index in [2.05, 4.69) is 17.1 Å². The molecule has 1 aliphatic carbocycles. The minimum absolute atomic E-state index is 0.248. The Hall–Kier alpha value is 0.220. The van der Waals surface area contributed by atoms with Crippen molar-refractivity contribution in [1.82, 2.24) is 10.2 Å². The third kappa shape index (κ3) is 4.85. The van der Waals surface area contributed by atoms with E-state index in [4.69, 9.17) is 0 Å². The van der Waals surface area contributed by atoms with Crippen LogP contribution in [-0.2, 0) is 9.84 Å². The van der Waals surface area contributed by atoms with Crippen LogP contribution in [0.25, 0.3) is 0 Å². The van der Waals surface area contributed by atoms with Gasteiger partial charge < -0.3 is 5.32 Å². The molecule has 21 heavy (non-hydrogen) atoms. The van der Waals surface area contributed by atoms with E-state index in [9.17, 15) is 8.42 Å². The predicted octanol–water partition coefficient (Wildman–Crippen LogP) is 2.11. The van der Waals surface area contributed by atoms with Gasteiger partial charge in [0.25, 0.3) is 0 Å². The summed E-state index contributed by atoms with van der Waals surface area (Å²) in [6, 6.07) is 0.931. The maximum Gasteiger partial charge on any atom is 0.166 e. The highest BCUT2D eigenvalue weighted by atomic mass is 32.2. The van der Waals surface area contributed by atoms with Gasteiger partial charge in [0.2, 0.25) is 0 Å². The fraction of sp³-hybridized carbons (Fsp3) is 1.00. The Morgan fingerprint density at radius 2 is 2.00 bits per heavy atom. The molecule has 1 N–H and O–H groups in total. The van der Waals surface area contributed by atoms with Crippen molar-refractivity contribution >= 4 is 21.6 Å². The summed E-state index contributed by atoms with van der Waals surface area (Å²) in [5, 5.41) is 3.38. The summed E-state index contributed by atoms with van der Waals surface area (Å²) in [6.45, 7) is 5.73. The third-order valence-corrected chi connectivity index (χ3v) is 8.12. The van der Waals surface area contributed by atoms with Crippen LogP contribution in [0.2, 0.25) is 0 Å². The highest BCUT2D eigenvalue weighted by Gasteiger charge is 2.35. The van der Waals surface area contributed by atoms with Crippen molar-refractivity contribution in [2.75, 3.05) is 30.3 Å². The second kappa shape index (κ2) is 8.18. The Morgan fingerprint density at radius 1 is 1.29 bits per heavy atom. The van der Waals surface area contributed by atoms with Gasteiger partial charge in [-0.05, 0) is 19.8 Å². The molecule has 0 radical (unpaired) electrons. The van der Waals surface area contributed by atoms with Crippen LogP contribution < -0.4 is 5.32 Å². The van der Waals surface area contributed by atoms with E-state index in [1.54, 1.807) is 18.7 Å². The van der Waals surface area contributed by atoms with Gasteiger partial charge in [-0.25, -0.2) is 8.42 Å². The summed E-state index contributed by atoms with van der Waals surface area (Å²) in [7, 11) is -2.98. The zero-order valence-corrected chi connectivity index (χ0v) is 15.0. The lowest BCUT2D eigenvalue weighted by Crippen LogP contribution is -2.54. The van der Waals surface area contributed by atoms with Crippen molar-refractivity contribution in [2.45, 2.75) is 63.4 Å². The van der Waals surface area contributed by atoms with Crippen molar-refractivity contribution in [3.63, 3.8) is 0 Å². The standard InChI is InChI=1S/C15H30N2O2S2/c1-3-21(18,19)15-12-20-10-9-17(15)13(2)11-16-14-7-5-4-6-8-14/h13-16H,3-12H2,1-2H3. The lowest BCUT2D eigenvalue weighted by atomic mass is 9.95. The highest BCUT2D eigenvalue weighted by Crippen LogP contribution is 2.24. The molecule has 0 amide bonds. The van der Waals surface area contributed by atoms with E-state index in [1.165, 1.54) is 32.1 Å². The molecule has 124 valence electrons. The summed E-state index contributed by atoms with van der Waals surface area (Å²) in [6.07, 6.45) is 6.59. The molecule has 1 heterocycles. The normalized spacial score (nSPS) is 27.6. The topological polar surface area (TPSA) is 49.4 Å². The lowest BCUT2D eigenvalue weighted by Gasteiger charge is -2.39. The van der Waals surface area contributed by atoms with E-state index < -0.39 is 9.84 Å². The minimum Gasteiger partial charge on any atom is -0.312 e. The molecule has 0 aromatic heterocycles. The molecular weight excluding hydrogens is 304 g/mol. The number of rotatable bonds is 6. The fourth-order valence-electron chi connectivity index (χ4n) is 3.36. The first-order valence-electron chi connectivity index (χ1n) is 8.33. The highest BCUT2D eigenvalue weighted by molar-refractivity contribution is 8.01. The molecule has 2 fully saturated rings. The number of hydrogen-bond donors (Lipinski definition) is 1. The van der Waals surface area contributed by atoms with Gasteiger partial charge in [0, 0.05) is 42.4 Å². The molecule has 0 spiro atoms. The number of thioether (sulfide) groups is 1. The first kappa shape index (κ1) is 17.6. The Balaban J connectivity index is 1.90. The molecule has 1 saturated heterocycles. The molecule has 0 aromatic rings. The molecule has 2 unspecified atom stereocenters. The molecule has 1 saturated carbocycles. The number of nitrogens with zero attached hydrogens (tertiary/aromatic N) is 1. The zero-order chi connectivity index (χ0) is 15.3.